The Kier molecular flexibility index (Phi) is 4.43. The maximum Gasteiger partial charge on any atom is 0.227 e. The van der Waals surface area contributed by atoms with E-state index in [4.69, 9.17) is 23.2 Å². The maximum atomic E-state index is 12.3. The summed E-state index contributed by atoms with van der Waals surface area (Å²) >= 11 is 14.4. The van der Waals surface area contributed by atoms with Crippen LogP contribution in [0.2, 0.25) is 10.0 Å². The summed E-state index contributed by atoms with van der Waals surface area (Å²) in [6.07, 6.45) is 1.34. The Morgan fingerprint density at radius 2 is 1.90 bits per heavy atom. The topological polar surface area (TPSA) is 20.3 Å². The van der Waals surface area contributed by atoms with Gasteiger partial charge in [0.05, 0.1) is 6.54 Å². The van der Waals surface area contributed by atoms with E-state index in [1.54, 1.807) is 12.1 Å². The third kappa shape index (κ3) is 3.20. The smallest absolute Gasteiger partial charge is 0.227 e. The van der Waals surface area contributed by atoms with E-state index in [2.05, 4.69) is 28.7 Å². The standard InChI is InChI=1S/C16H12Cl2INO/c17-12-3-1-11(14(18)8-12)9-20-15-5-4-13(19)7-10(15)2-6-16(20)21/h1,3-5,7-8H,2,6,9H2. The van der Waals surface area contributed by atoms with E-state index in [0.717, 1.165) is 17.7 Å². The molecule has 0 radical (unpaired) electrons. The number of anilines is 1. The normalized spacial score (nSPS) is 14.2. The Hall–Kier alpha value is -0.780. The molecule has 0 aliphatic carbocycles. The first kappa shape index (κ1) is 15.1. The molecule has 0 spiro atoms. The van der Waals surface area contributed by atoms with E-state index in [1.165, 1.54) is 9.13 Å². The number of carbonyl (C=O) groups excluding carboxylic acids is 1. The lowest BCUT2D eigenvalue weighted by Crippen LogP contribution is -2.34. The summed E-state index contributed by atoms with van der Waals surface area (Å²) in [6.45, 7) is 0.475. The van der Waals surface area contributed by atoms with Crippen molar-refractivity contribution in [2.75, 3.05) is 4.90 Å². The minimum absolute atomic E-state index is 0.134. The van der Waals surface area contributed by atoms with Crippen LogP contribution < -0.4 is 4.90 Å². The molecule has 5 heteroatoms. The van der Waals surface area contributed by atoms with Gasteiger partial charge >= 0.3 is 0 Å². The molecule has 0 saturated heterocycles. The van der Waals surface area contributed by atoms with Gasteiger partial charge in [0, 0.05) is 25.7 Å². The van der Waals surface area contributed by atoms with Crippen LogP contribution in [0.15, 0.2) is 36.4 Å². The van der Waals surface area contributed by atoms with Crippen molar-refractivity contribution >= 4 is 57.4 Å². The highest BCUT2D eigenvalue weighted by atomic mass is 127. The highest BCUT2D eigenvalue weighted by Crippen LogP contribution is 2.32. The molecular weight excluding hydrogens is 420 g/mol. The van der Waals surface area contributed by atoms with E-state index < -0.39 is 0 Å². The highest BCUT2D eigenvalue weighted by Gasteiger charge is 2.24. The third-order valence-corrected chi connectivity index (χ3v) is 4.84. The van der Waals surface area contributed by atoms with Gasteiger partial charge in [-0.05, 0) is 70.5 Å². The van der Waals surface area contributed by atoms with E-state index in [-0.39, 0.29) is 5.91 Å². The molecule has 1 amide bonds. The molecule has 0 atom stereocenters. The molecule has 0 fully saturated rings. The average Bonchev–Trinajstić information content (AvgIpc) is 2.44. The van der Waals surface area contributed by atoms with Crippen molar-refractivity contribution in [3.63, 3.8) is 0 Å². The van der Waals surface area contributed by atoms with Gasteiger partial charge in [-0.1, -0.05) is 29.3 Å². The summed E-state index contributed by atoms with van der Waals surface area (Å²) in [5, 5.41) is 1.19. The number of rotatable bonds is 2. The average molecular weight is 432 g/mol. The van der Waals surface area contributed by atoms with E-state index in [9.17, 15) is 4.79 Å². The van der Waals surface area contributed by atoms with Gasteiger partial charge in [-0.3, -0.25) is 4.79 Å². The number of amides is 1. The van der Waals surface area contributed by atoms with Crippen LogP contribution in [0.25, 0.3) is 0 Å². The molecule has 1 aliphatic rings. The predicted molar refractivity (Wildman–Crippen MR) is 95.1 cm³/mol. The Morgan fingerprint density at radius 3 is 2.67 bits per heavy atom. The van der Waals surface area contributed by atoms with Crippen LogP contribution >= 0.6 is 45.8 Å². The monoisotopic (exact) mass is 431 g/mol. The molecule has 1 heterocycles. The molecule has 108 valence electrons. The summed E-state index contributed by atoms with van der Waals surface area (Å²) in [6, 6.07) is 11.6. The molecule has 2 nitrogen and oxygen atoms in total. The lowest BCUT2D eigenvalue weighted by molar-refractivity contribution is -0.119. The summed E-state index contributed by atoms with van der Waals surface area (Å²) in [4.78, 5) is 14.1. The van der Waals surface area contributed by atoms with Gasteiger partial charge in [0.2, 0.25) is 5.91 Å². The van der Waals surface area contributed by atoms with Crippen molar-refractivity contribution in [1.82, 2.24) is 0 Å². The summed E-state index contributed by atoms with van der Waals surface area (Å²) in [7, 11) is 0. The van der Waals surface area contributed by atoms with Crippen molar-refractivity contribution in [3.05, 3.63) is 61.1 Å². The van der Waals surface area contributed by atoms with Gasteiger partial charge in [-0.25, -0.2) is 0 Å². The Balaban J connectivity index is 1.96. The minimum Gasteiger partial charge on any atom is -0.308 e. The second kappa shape index (κ2) is 6.15. The number of fused-ring (bicyclic) bond motifs is 1. The van der Waals surface area contributed by atoms with E-state index >= 15 is 0 Å². The fourth-order valence-electron chi connectivity index (χ4n) is 2.52. The SMILES string of the molecule is O=C1CCc2cc(I)ccc2N1Cc1ccc(Cl)cc1Cl. The first-order valence-corrected chi connectivity index (χ1v) is 8.41. The Morgan fingerprint density at radius 1 is 1.10 bits per heavy atom. The number of aryl methyl sites for hydroxylation is 1. The zero-order valence-corrected chi connectivity index (χ0v) is 14.7. The summed E-state index contributed by atoms with van der Waals surface area (Å²) in [5.74, 6) is 0.134. The first-order valence-electron chi connectivity index (χ1n) is 6.57. The lowest BCUT2D eigenvalue weighted by Gasteiger charge is -2.30. The zero-order chi connectivity index (χ0) is 15.0. The van der Waals surface area contributed by atoms with Gasteiger partial charge in [0.1, 0.15) is 0 Å². The number of benzene rings is 2. The maximum absolute atomic E-state index is 12.3. The first-order chi connectivity index (χ1) is 10.0. The molecular formula is C16H12Cl2INO. The van der Waals surface area contributed by atoms with E-state index in [0.29, 0.717) is 23.0 Å². The Labute approximate surface area is 147 Å². The van der Waals surface area contributed by atoms with Crippen molar-refractivity contribution in [2.45, 2.75) is 19.4 Å². The molecule has 0 N–H and O–H groups in total. The molecule has 3 rings (SSSR count). The number of halogens is 3. The molecule has 2 aromatic carbocycles. The molecule has 0 bridgehead atoms. The quantitative estimate of drug-likeness (QED) is 0.607. The fourth-order valence-corrected chi connectivity index (χ4v) is 3.55. The fraction of sp³-hybridized carbons (Fsp3) is 0.188. The minimum atomic E-state index is 0.134. The zero-order valence-electron chi connectivity index (χ0n) is 11.1. The van der Waals surface area contributed by atoms with Crippen LogP contribution in [0, 0.1) is 3.57 Å². The summed E-state index contributed by atoms with van der Waals surface area (Å²) < 4.78 is 1.19. The molecule has 0 aromatic heterocycles. The highest BCUT2D eigenvalue weighted by molar-refractivity contribution is 14.1. The van der Waals surface area contributed by atoms with Gasteiger partial charge in [0.15, 0.2) is 0 Å². The lowest BCUT2D eigenvalue weighted by atomic mass is 10.0. The summed E-state index contributed by atoms with van der Waals surface area (Å²) in [5.41, 5.74) is 3.10. The van der Waals surface area contributed by atoms with E-state index in [1.807, 2.05) is 23.1 Å². The van der Waals surface area contributed by atoms with Gasteiger partial charge in [0.25, 0.3) is 0 Å². The molecule has 0 saturated carbocycles. The van der Waals surface area contributed by atoms with Crippen LogP contribution in [0.3, 0.4) is 0 Å². The van der Waals surface area contributed by atoms with Crippen LogP contribution in [-0.4, -0.2) is 5.91 Å². The number of carbonyl (C=O) groups is 1. The second-order valence-corrected chi connectivity index (χ2v) is 7.08. The third-order valence-electron chi connectivity index (χ3n) is 3.59. The van der Waals surface area contributed by atoms with Crippen LogP contribution in [0.4, 0.5) is 5.69 Å². The number of nitrogens with zero attached hydrogens (tertiary/aromatic N) is 1. The van der Waals surface area contributed by atoms with Gasteiger partial charge in [-0.15, -0.1) is 0 Å². The predicted octanol–water partition coefficient (Wildman–Crippen LogP) is 5.08. The van der Waals surface area contributed by atoms with Crippen molar-refractivity contribution < 1.29 is 4.79 Å². The molecule has 1 aliphatic heterocycles. The van der Waals surface area contributed by atoms with Crippen molar-refractivity contribution in [3.8, 4) is 0 Å². The van der Waals surface area contributed by atoms with Crippen LogP contribution in [0.1, 0.15) is 17.5 Å². The number of hydrogen-bond acceptors (Lipinski definition) is 1. The van der Waals surface area contributed by atoms with Crippen LogP contribution in [-0.2, 0) is 17.8 Å². The molecule has 2 aromatic rings. The molecule has 21 heavy (non-hydrogen) atoms. The number of hydrogen-bond donors (Lipinski definition) is 0. The Bertz CT molecular complexity index is 717. The van der Waals surface area contributed by atoms with Gasteiger partial charge in [-0.2, -0.15) is 0 Å². The second-order valence-electron chi connectivity index (χ2n) is 4.99. The van der Waals surface area contributed by atoms with Crippen molar-refractivity contribution in [1.29, 1.82) is 0 Å². The van der Waals surface area contributed by atoms with Crippen molar-refractivity contribution in [2.24, 2.45) is 0 Å². The van der Waals surface area contributed by atoms with Gasteiger partial charge < -0.3 is 4.90 Å². The largest absolute Gasteiger partial charge is 0.308 e. The van der Waals surface area contributed by atoms with Crippen LogP contribution in [0.5, 0.6) is 0 Å². The molecule has 0 unspecified atom stereocenters.